The summed E-state index contributed by atoms with van der Waals surface area (Å²) >= 11 is 4.23. The first-order valence-electron chi connectivity index (χ1n) is 1.15. The molecule has 0 rings (SSSR count). The molecule has 0 saturated heterocycles. The summed E-state index contributed by atoms with van der Waals surface area (Å²) in [6, 6.07) is 0. The topological polar surface area (TPSA) is 38.0 Å². The molecule has 0 aliphatic heterocycles. The summed E-state index contributed by atoms with van der Waals surface area (Å²) in [6.07, 6.45) is 1.43. The molecule has 0 aromatic heterocycles. The molecule has 0 aromatic rings. The van der Waals surface area contributed by atoms with Gasteiger partial charge in [-0.1, -0.05) is 0 Å². The van der Waals surface area contributed by atoms with Gasteiger partial charge in [-0.25, -0.2) is 0 Å². The van der Waals surface area contributed by atoms with E-state index in [0.29, 0.717) is 0 Å². The van der Waals surface area contributed by atoms with Crippen LogP contribution in [0.5, 0.6) is 0 Å². The zero-order chi connectivity index (χ0) is 4.12. The minimum atomic E-state index is -0.124. The van der Waals surface area contributed by atoms with E-state index in [9.17, 15) is 0 Å². The molecule has 0 heterocycles. The van der Waals surface area contributed by atoms with Crippen LogP contribution >= 0.6 is 12.1 Å². The van der Waals surface area contributed by atoms with Crippen LogP contribution in [-0.2, 0) is 0 Å². The second kappa shape index (κ2) is 9.17. The molecule has 0 unspecified atom stereocenters. The molecule has 3 N–H and O–H groups in total. The van der Waals surface area contributed by atoms with Crippen molar-refractivity contribution < 1.29 is 0 Å². The maximum absolute atomic E-state index is 5.01. The van der Waals surface area contributed by atoms with Gasteiger partial charge >= 0.3 is 42.9 Å². The van der Waals surface area contributed by atoms with E-state index in [2.05, 4.69) is 16.3 Å². The van der Waals surface area contributed by atoms with Gasteiger partial charge in [0.1, 0.15) is 0 Å². The zero-order valence-electron chi connectivity index (χ0n) is 3.22. The molecule has 0 atom stereocenters. The van der Waals surface area contributed by atoms with Crippen LogP contribution in [0, 0.1) is 0 Å². The Bertz CT molecular complexity index is 32.7. The molecule has 0 aliphatic carbocycles. The van der Waals surface area contributed by atoms with Crippen molar-refractivity contribution in [3.05, 3.63) is 0 Å². The van der Waals surface area contributed by atoms with E-state index in [1.807, 2.05) is 0 Å². The molecule has 2 nitrogen and oxygen atoms in total. The van der Waals surface area contributed by atoms with E-state index >= 15 is 0 Å². The summed E-state index contributed by atoms with van der Waals surface area (Å²) in [6.45, 7) is 0. The Kier molecular flexibility index (Phi) is 15.0. The number of rotatable bonds is 2. The Balaban J connectivity index is 0. The molecule has 0 bridgehead atoms. The average Bonchev–Trinajstić information content (AvgIpc) is 1.41. The normalized spacial score (nSPS) is 4.17. The monoisotopic (exact) mass is 112 g/mol. The third-order valence-electron chi connectivity index (χ3n) is 0.164. The van der Waals surface area contributed by atoms with Crippen molar-refractivity contribution in [1.82, 2.24) is 4.21 Å². The zero-order valence-corrected chi connectivity index (χ0v) is 5.19. The summed E-state index contributed by atoms with van der Waals surface area (Å²) in [5.74, 6) is 0. The Morgan fingerprint density at radius 1 is 1.83 bits per heavy atom. The number of hydrogen-bond donors (Lipinski definition) is 2. The first-order chi connectivity index (χ1) is 2.41. The summed E-state index contributed by atoms with van der Waals surface area (Å²) in [5, 5.41) is 0. The van der Waals surface area contributed by atoms with Crippen LogP contribution in [0.15, 0.2) is 0 Å². The molecule has 6 heavy (non-hydrogen) atoms. The third-order valence-corrected chi connectivity index (χ3v) is 0.901. The quantitative estimate of drug-likeness (QED) is 0.423. The van der Waals surface area contributed by atoms with Gasteiger partial charge in [0, 0.05) is 8.41 Å². The van der Waals surface area contributed by atoms with E-state index in [-0.39, 0.29) is 24.1 Å². The molecule has 0 aliphatic rings. The van der Waals surface area contributed by atoms with Crippen LogP contribution in [0.25, 0.3) is 0 Å². The van der Waals surface area contributed by atoms with Gasteiger partial charge in [-0.05, 0) is 0 Å². The molecular weight excluding hydrogens is 109 g/mol. The number of nitrogens with two attached hydrogens (primary N) is 1. The molecular formula is H3AlB2N2S. The van der Waals surface area contributed by atoms with Crippen molar-refractivity contribution in [3.8, 4) is 0 Å². The van der Waals surface area contributed by atoms with Crippen LogP contribution in [0.4, 0.5) is 0 Å². The Labute approximate surface area is 51.7 Å². The molecule has 4 radical (unpaired) electrons. The van der Waals surface area contributed by atoms with Gasteiger partial charge in [0.05, 0.1) is 0 Å². The predicted molar refractivity (Wildman–Crippen MR) is 32.2 cm³/mol. The van der Waals surface area contributed by atoms with Gasteiger partial charge < -0.3 is 0 Å². The third kappa shape index (κ3) is 8.82. The minimum absolute atomic E-state index is 0. The summed E-state index contributed by atoms with van der Waals surface area (Å²) < 4.78 is 7.68. The van der Waals surface area contributed by atoms with E-state index in [1.54, 1.807) is 0 Å². The van der Waals surface area contributed by atoms with E-state index in [0.717, 1.165) is 0 Å². The Morgan fingerprint density at radius 3 is 2.33 bits per heavy atom. The van der Waals surface area contributed by atoms with Crippen molar-refractivity contribution in [2.24, 2.45) is 4.72 Å². The van der Waals surface area contributed by atoms with Crippen LogP contribution in [0.2, 0.25) is 0 Å². The molecule has 6 heteroatoms. The molecule has 0 fully saturated rings. The van der Waals surface area contributed by atoms with Crippen LogP contribution < -0.4 is 8.93 Å². The standard InChI is InChI=1S/Al.BHNS.B.H2N/c;2-1-3;;/h;2H;;1H2/q+2;-1;;-1. The van der Waals surface area contributed by atoms with Crippen molar-refractivity contribution in [1.29, 1.82) is 0 Å². The molecule has 28 valence electrons. The predicted octanol–water partition coefficient (Wildman–Crippen LogP) is -1.58. The van der Waals surface area contributed by atoms with Crippen molar-refractivity contribution >= 4 is 42.4 Å². The van der Waals surface area contributed by atoms with E-state index in [4.69, 9.17) is 4.72 Å². The van der Waals surface area contributed by atoms with E-state index in [1.165, 1.54) is 6.29 Å². The fraction of sp³-hybridized carbons (Fsp3) is 0. The maximum atomic E-state index is 5.01. The van der Waals surface area contributed by atoms with Gasteiger partial charge in [0.25, 0.3) is 0 Å². The fourth-order valence-corrected chi connectivity index (χ4v) is 0.354. The van der Waals surface area contributed by atoms with Crippen molar-refractivity contribution in [2.45, 2.75) is 0 Å². The first kappa shape index (κ1) is 9.81. The van der Waals surface area contributed by atoms with Gasteiger partial charge in [-0.15, -0.1) is 0 Å². The molecule has 0 amide bonds. The second-order valence-electron chi connectivity index (χ2n) is 0.451. The average molecular weight is 112 g/mol. The number of nitrogens with one attached hydrogen (secondary N) is 1. The van der Waals surface area contributed by atoms with Crippen molar-refractivity contribution in [3.63, 3.8) is 0 Å². The molecule has 0 spiro atoms. The van der Waals surface area contributed by atoms with Gasteiger partial charge in [0.2, 0.25) is 0 Å². The molecule has 0 aromatic carbocycles. The van der Waals surface area contributed by atoms with Gasteiger partial charge in [-0.3, -0.25) is 0 Å². The summed E-state index contributed by atoms with van der Waals surface area (Å²) in [5.41, 5.74) is 0. The van der Waals surface area contributed by atoms with E-state index < -0.39 is 0 Å². The Morgan fingerprint density at radius 2 is 2.33 bits per heavy atom. The summed E-state index contributed by atoms with van der Waals surface area (Å²) in [4.78, 5) is 0. The number of hydrogen-bond acceptors (Lipinski definition) is 2. The van der Waals surface area contributed by atoms with Gasteiger partial charge in [0.15, 0.2) is 0 Å². The van der Waals surface area contributed by atoms with Crippen LogP contribution in [-0.4, -0.2) is 30.4 Å². The first-order valence-corrected chi connectivity index (χ1v) is 2.86. The Hall–Kier alpha value is 0.642. The summed E-state index contributed by atoms with van der Waals surface area (Å²) in [7, 11) is 0. The second-order valence-corrected chi connectivity index (χ2v) is 1.35. The van der Waals surface area contributed by atoms with Crippen LogP contribution in [0.1, 0.15) is 0 Å². The molecule has 0 saturated carbocycles. The van der Waals surface area contributed by atoms with Crippen molar-refractivity contribution in [2.75, 3.05) is 0 Å². The SMILES string of the molecule is [B].[NH2][Al][NH]B=S. The fourth-order valence-electron chi connectivity index (χ4n) is 0.0393. The van der Waals surface area contributed by atoms with Crippen LogP contribution in [0.3, 0.4) is 0 Å². The van der Waals surface area contributed by atoms with Gasteiger partial charge in [-0.2, -0.15) is 0 Å².